The number of likely N-dealkylation sites (tertiary alicyclic amines) is 1. The van der Waals surface area contributed by atoms with Gasteiger partial charge in [-0.05, 0) is 63.2 Å². The first-order chi connectivity index (χ1) is 13.5. The Morgan fingerprint density at radius 3 is 2.79 bits per heavy atom. The number of hydrogen-bond donors (Lipinski definition) is 2. The molecule has 0 aromatic carbocycles. The molecular weight excluding hydrogens is 361 g/mol. The van der Waals surface area contributed by atoms with Gasteiger partial charge >= 0.3 is 0 Å². The molecule has 4 aliphatic rings. The fourth-order valence-corrected chi connectivity index (χ4v) is 5.71. The van der Waals surface area contributed by atoms with Gasteiger partial charge in [0, 0.05) is 31.6 Å². The maximum Gasteiger partial charge on any atom is 0.235 e. The van der Waals surface area contributed by atoms with Crippen molar-refractivity contribution in [3.63, 3.8) is 0 Å². The molecule has 6 atom stereocenters. The first-order valence-electron chi connectivity index (χ1n) is 11.0. The summed E-state index contributed by atoms with van der Waals surface area (Å²) in [5.74, 6) is -0.0478. The van der Waals surface area contributed by atoms with Gasteiger partial charge in [-0.3, -0.25) is 14.4 Å². The van der Waals surface area contributed by atoms with Crippen molar-refractivity contribution in [2.24, 2.45) is 17.8 Å². The summed E-state index contributed by atoms with van der Waals surface area (Å²) >= 11 is 0. The summed E-state index contributed by atoms with van der Waals surface area (Å²) in [5.41, 5.74) is 0. The van der Waals surface area contributed by atoms with Crippen molar-refractivity contribution in [3.05, 3.63) is 0 Å². The number of carbonyl (C=O) groups is 3. The van der Waals surface area contributed by atoms with Gasteiger partial charge in [-0.25, -0.2) is 4.39 Å². The molecule has 4 rings (SSSR count). The van der Waals surface area contributed by atoms with Crippen LogP contribution in [0.4, 0.5) is 4.39 Å². The van der Waals surface area contributed by atoms with Crippen molar-refractivity contribution in [3.8, 4) is 0 Å². The number of nitrogens with zero attached hydrogens (tertiary/aromatic N) is 1. The first-order valence-corrected chi connectivity index (χ1v) is 11.0. The predicted molar refractivity (Wildman–Crippen MR) is 102 cm³/mol. The van der Waals surface area contributed by atoms with Gasteiger partial charge in [-0.15, -0.1) is 0 Å². The highest BCUT2D eigenvalue weighted by Crippen LogP contribution is 2.36. The van der Waals surface area contributed by atoms with E-state index in [1.54, 1.807) is 0 Å². The minimum atomic E-state index is -0.751. The summed E-state index contributed by atoms with van der Waals surface area (Å²) in [7, 11) is 0. The fourth-order valence-electron chi connectivity index (χ4n) is 5.71. The highest BCUT2D eigenvalue weighted by atomic mass is 19.1. The number of piperidine rings is 1. The van der Waals surface area contributed by atoms with Crippen LogP contribution in [0.25, 0.3) is 0 Å². The molecule has 0 radical (unpaired) electrons. The average molecular weight is 394 g/mol. The lowest BCUT2D eigenvalue weighted by molar-refractivity contribution is -0.140. The Balaban J connectivity index is 1.27. The van der Waals surface area contributed by atoms with E-state index in [0.717, 1.165) is 38.5 Å². The van der Waals surface area contributed by atoms with Crippen molar-refractivity contribution in [2.75, 3.05) is 13.1 Å². The van der Waals surface area contributed by atoms with Gasteiger partial charge in [-0.1, -0.05) is 6.42 Å². The van der Waals surface area contributed by atoms with Crippen molar-refractivity contribution in [1.29, 1.82) is 0 Å². The Morgan fingerprint density at radius 1 is 1.11 bits per heavy atom. The van der Waals surface area contributed by atoms with Gasteiger partial charge in [0.05, 0.1) is 0 Å². The number of amides is 3. The molecule has 6 nitrogen and oxygen atoms in total. The largest absolute Gasteiger partial charge is 0.355 e. The summed E-state index contributed by atoms with van der Waals surface area (Å²) in [5, 5.41) is 6.00. The van der Waals surface area contributed by atoms with Gasteiger partial charge < -0.3 is 15.5 Å². The Labute approximate surface area is 166 Å². The van der Waals surface area contributed by atoms with Crippen LogP contribution in [0.5, 0.6) is 0 Å². The van der Waals surface area contributed by atoms with Gasteiger partial charge in [0.25, 0.3) is 0 Å². The van der Waals surface area contributed by atoms with E-state index in [-0.39, 0.29) is 35.7 Å². The van der Waals surface area contributed by atoms with E-state index < -0.39 is 12.1 Å². The second-order valence-electron chi connectivity index (χ2n) is 9.19. The minimum absolute atomic E-state index is 0.0483. The van der Waals surface area contributed by atoms with E-state index in [9.17, 15) is 18.8 Å². The topological polar surface area (TPSA) is 78.5 Å². The molecule has 2 aliphatic carbocycles. The van der Waals surface area contributed by atoms with Crippen LogP contribution < -0.4 is 10.6 Å². The van der Waals surface area contributed by atoms with Gasteiger partial charge in [0.2, 0.25) is 17.7 Å². The van der Waals surface area contributed by atoms with E-state index in [0.29, 0.717) is 44.7 Å². The van der Waals surface area contributed by atoms with Crippen molar-refractivity contribution in [1.82, 2.24) is 15.5 Å². The standard InChI is InChI=1S/C21H32FN3O3/c22-15-3-1-2-13(10-15)12-23-20(27)17-8-9-25(21(17)28)16-5-6-18-14(11-16)4-7-19(26)24-18/h13-18H,1-12H2,(H,23,27)(H,24,26). The molecule has 6 unspecified atom stereocenters. The molecule has 2 aliphatic heterocycles. The van der Waals surface area contributed by atoms with E-state index >= 15 is 0 Å². The van der Waals surface area contributed by atoms with Gasteiger partial charge in [0.1, 0.15) is 12.1 Å². The third-order valence-electron chi connectivity index (χ3n) is 7.32. The molecule has 7 heteroatoms. The molecule has 2 heterocycles. The molecule has 0 aromatic rings. The number of halogens is 1. The highest BCUT2D eigenvalue weighted by Gasteiger charge is 2.43. The molecule has 4 fully saturated rings. The van der Waals surface area contributed by atoms with Crippen LogP contribution in [0, 0.1) is 17.8 Å². The number of alkyl halides is 1. The number of nitrogens with one attached hydrogen (secondary N) is 2. The molecule has 2 saturated carbocycles. The normalized spacial score (nSPS) is 38.7. The van der Waals surface area contributed by atoms with Crippen LogP contribution in [0.1, 0.15) is 64.2 Å². The van der Waals surface area contributed by atoms with Crippen molar-refractivity contribution >= 4 is 17.7 Å². The Bertz CT molecular complexity index is 628. The zero-order valence-corrected chi connectivity index (χ0v) is 16.5. The number of fused-ring (bicyclic) bond motifs is 1. The fraction of sp³-hybridized carbons (Fsp3) is 0.857. The smallest absolute Gasteiger partial charge is 0.235 e. The van der Waals surface area contributed by atoms with Crippen molar-refractivity contribution < 1.29 is 18.8 Å². The average Bonchev–Trinajstić information content (AvgIpc) is 3.07. The Morgan fingerprint density at radius 2 is 1.96 bits per heavy atom. The lowest BCUT2D eigenvalue weighted by Gasteiger charge is -2.42. The Hall–Kier alpha value is -1.66. The number of rotatable bonds is 4. The minimum Gasteiger partial charge on any atom is -0.355 e. The summed E-state index contributed by atoms with van der Waals surface area (Å²) in [6, 6.07) is 0.441. The zero-order valence-electron chi connectivity index (χ0n) is 16.5. The predicted octanol–water partition coefficient (Wildman–Crippen LogP) is 1.93. The molecule has 2 N–H and O–H groups in total. The maximum absolute atomic E-state index is 13.5. The maximum atomic E-state index is 13.5. The van der Waals surface area contributed by atoms with Crippen LogP contribution >= 0.6 is 0 Å². The molecule has 0 aromatic heterocycles. The molecule has 0 bridgehead atoms. The third kappa shape index (κ3) is 4.18. The molecule has 0 spiro atoms. The highest BCUT2D eigenvalue weighted by molar-refractivity contribution is 6.01. The quantitative estimate of drug-likeness (QED) is 0.717. The second kappa shape index (κ2) is 8.37. The summed E-state index contributed by atoms with van der Waals surface area (Å²) < 4.78 is 13.5. The lowest BCUT2D eigenvalue weighted by atomic mass is 9.76. The van der Waals surface area contributed by atoms with Gasteiger partial charge in [-0.2, -0.15) is 0 Å². The van der Waals surface area contributed by atoms with E-state index in [2.05, 4.69) is 10.6 Å². The summed E-state index contributed by atoms with van der Waals surface area (Å²) in [4.78, 5) is 39.0. The monoisotopic (exact) mass is 393 g/mol. The van der Waals surface area contributed by atoms with Crippen LogP contribution in [0.3, 0.4) is 0 Å². The van der Waals surface area contributed by atoms with E-state index in [1.165, 1.54) is 0 Å². The lowest BCUT2D eigenvalue weighted by Crippen LogP contribution is -2.52. The van der Waals surface area contributed by atoms with Gasteiger partial charge in [0.15, 0.2) is 0 Å². The van der Waals surface area contributed by atoms with Crippen LogP contribution in [0.15, 0.2) is 0 Å². The molecule has 2 saturated heterocycles. The SMILES string of the molecule is O=C1CCC2CC(N3CCC(C(=O)NCC4CCCC(F)C4)C3=O)CCC2N1. The number of carbonyl (C=O) groups excluding carboxylic acids is 3. The Kier molecular flexibility index (Phi) is 5.88. The second-order valence-corrected chi connectivity index (χ2v) is 9.19. The van der Waals surface area contributed by atoms with E-state index in [1.807, 2.05) is 4.90 Å². The summed E-state index contributed by atoms with van der Waals surface area (Å²) in [6.45, 7) is 1.12. The first kappa shape index (κ1) is 19.6. The van der Waals surface area contributed by atoms with Crippen LogP contribution in [0.2, 0.25) is 0 Å². The molecular formula is C21H32FN3O3. The molecule has 3 amide bonds. The zero-order chi connectivity index (χ0) is 19.7. The van der Waals surface area contributed by atoms with Crippen molar-refractivity contribution in [2.45, 2.75) is 82.5 Å². The van der Waals surface area contributed by atoms with E-state index in [4.69, 9.17) is 0 Å². The summed E-state index contributed by atoms with van der Waals surface area (Å²) in [6.07, 6.45) is 7.00. The third-order valence-corrected chi connectivity index (χ3v) is 7.32. The van der Waals surface area contributed by atoms with Crippen LogP contribution in [-0.4, -0.2) is 54.0 Å². The van der Waals surface area contributed by atoms with Crippen LogP contribution in [-0.2, 0) is 14.4 Å². The number of hydrogen-bond acceptors (Lipinski definition) is 3. The molecule has 28 heavy (non-hydrogen) atoms. The molecule has 156 valence electrons.